The third-order valence-electron chi connectivity index (χ3n) is 3.24. The van der Waals surface area contributed by atoms with Crippen molar-refractivity contribution in [3.05, 3.63) is 29.6 Å². The Hall–Kier alpha value is -2.01. The molecule has 2 N–H and O–H groups in total. The molecule has 3 rings (SSSR count). The van der Waals surface area contributed by atoms with Gasteiger partial charge >= 0.3 is 0 Å². The van der Waals surface area contributed by atoms with Crippen LogP contribution in [-0.4, -0.2) is 30.4 Å². The molecule has 0 radical (unpaired) electrons. The largest absolute Gasteiger partial charge is 0.454 e. The van der Waals surface area contributed by atoms with Gasteiger partial charge in [-0.1, -0.05) is 0 Å². The average molecular weight is 259 g/mol. The van der Waals surface area contributed by atoms with E-state index in [9.17, 15) is 0 Å². The molecule has 0 atom stereocenters. The highest BCUT2D eigenvalue weighted by Gasteiger charge is 2.15. The molecule has 0 bridgehead atoms. The molecule has 1 aliphatic rings. The average Bonchev–Trinajstić information content (AvgIpc) is 3.02. The van der Waals surface area contributed by atoms with Crippen molar-refractivity contribution in [1.82, 2.24) is 15.3 Å². The molecule has 19 heavy (non-hydrogen) atoms. The van der Waals surface area contributed by atoms with Crippen molar-refractivity contribution in [3.63, 3.8) is 0 Å². The third-order valence-corrected chi connectivity index (χ3v) is 3.24. The fourth-order valence-corrected chi connectivity index (χ4v) is 2.16. The summed E-state index contributed by atoms with van der Waals surface area (Å²) in [6, 6.07) is 5.87. The van der Waals surface area contributed by atoms with Gasteiger partial charge in [-0.25, -0.2) is 4.98 Å². The van der Waals surface area contributed by atoms with Gasteiger partial charge < -0.3 is 19.8 Å². The molecular formula is C14H17N3O2. The van der Waals surface area contributed by atoms with E-state index >= 15 is 0 Å². The minimum absolute atomic E-state index is 0.295. The topological polar surface area (TPSA) is 59.2 Å². The summed E-state index contributed by atoms with van der Waals surface area (Å²) in [6.07, 6.45) is 0.920. The normalized spacial score (nSPS) is 12.9. The van der Waals surface area contributed by atoms with E-state index in [0.29, 0.717) is 6.79 Å². The number of imidazole rings is 1. The summed E-state index contributed by atoms with van der Waals surface area (Å²) >= 11 is 0. The number of hydrogen-bond donors (Lipinski definition) is 2. The number of aromatic amines is 1. The molecule has 0 saturated carbocycles. The van der Waals surface area contributed by atoms with E-state index in [4.69, 9.17) is 9.47 Å². The highest BCUT2D eigenvalue weighted by atomic mass is 16.7. The van der Waals surface area contributed by atoms with Crippen LogP contribution in [0.1, 0.15) is 11.4 Å². The predicted octanol–water partition coefficient (Wildman–Crippen LogP) is 1.88. The maximum Gasteiger partial charge on any atom is 0.231 e. The highest BCUT2D eigenvalue weighted by Crippen LogP contribution is 2.35. The molecule has 0 unspecified atom stereocenters. The Morgan fingerprint density at radius 2 is 2.16 bits per heavy atom. The Balaban J connectivity index is 1.89. The van der Waals surface area contributed by atoms with Crippen LogP contribution < -0.4 is 14.8 Å². The van der Waals surface area contributed by atoms with E-state index in [1.54, 1.807) is 0 Å². The van der Waals surface area contributed by atoms with Gasteiger partial charge in [-0.05, 0) is 32.2 Å². The van der Waals surface area contributed by atoms with Crippen molar-refractivity contribution in [1.29, 1.82) is 0 Å². The smallest absolute Gasteiger partial charge is 0.231 e. The van der Waals surface area contributed by atoms with Crippen LogP contribution in [0.3, 0.4) is 0 Å². The molecule has 0 fully saturated rings. The maximum atomic E-state index is 5.39. The molecule has 5 nitrogen and oxygen atoms in total. The van der Waals surface area contributed by atoms with Gasteiger partial charge in [0, 0.05) is 24.2 Å². The highest BCUT2D eigenvalue weighted by molar-refractivity contribution is 5.62. The van der Waals surface area contributed by atoms with E-state index in [0.717, 1.165) is 47.2 Å². The maximum absolute atomic E-state index is 5.39. The molecule has 1 aromatic heterocycles. The Kier molecular flexibility index (Phi) is 3.13. The van der Waals surface area contributed by atoms with Crippen LogP contribution in [-0.2, 0) is 6.42 Å². The van der Waals surface area contributed by atoms with Crippen molar-refractivity contribution in [3.8, 4) is 22.9 Å². The number of likely N-dealkylation sites (N-methyl/N-ethyl adjacent to an activating group) is 1. The summed E-state index contributed by atoms with van der Waals surface area (Å²) < 4.78 is 10.7. The lowest BCUT2D eigenvalue weighted by Gasteiger charge is -1.99. The lowest BCUT2D eigenvalue weighted by Crippen LogP contribution is -2.11. The van der Waals surface area contributed by atoms with Crippen molar-refractivity contribution < 1.29 is 9.47 Å². The SMILES string of the molecule is CNCCc1nc(-c2ccc3c(c2)OCO3)[nH]c1C. The van der Waals surface area contributed by atoms with E-state index in [-0.39, 0.29) is 0 Å². The van der Waals surface area contributed by atoms with Crippen LogP contribution in [0.25, 0.3) is 11.4 Å². The zero-order chi connectivity index (χ0) is 13.2. The quantitative estimate of drug-likeness (QED) is 0.880. The molecule has 1 aliphatic heterocycles. The first-order valence-corrected chi connectivity index (χ1v) is 6.38. The Morgan fingerprint density at radius 3 is 3.00 bits per heavy atom. The van der Waals surface area contributed by atoms with E-state index in [1.165, 1.54) is 0 Å². The number of aromatic nitrogens is 2. The van der Waals surface area contributed by atoms with Crippen LogP contribution in [0.15, 0.2) is 18.2 Å². The van der Waals surface area contributed by atoms with Crippen LogP contribution >= 0.6 is 0 Å². The number of benzene rings is 1. The van der Waals surface area contributed by atoms with Crippen LogP contribution in [0.2, 0.25) is 0 Å². The Labute approximate surface area is 112 Å². The van der Waals surface area contributed by atoms with Crippen molar-refractivity contribution in [2.24, 2.45) is 0 Å². The van der Waals surface area contributed by atoms with Gasteiger partial charge in [-0.15, -0.1) is 0 Å². The van der Waals surface area contributed by atoms with E-state index in [2.05, 4.69) is 22.2 Å². The van der Waals surface area contributed by atoms with E-state index in [1.807, 2.05) is 25.2 Å². The molecule has 0 aliphatic carbocycles. The van der Waals surface area contributed by atoms with Gasteiger partial charge in [0.15, 0.2) is 11.5 Å². The first kappa shape index (κ1) is 12.0. The monoisotopic (exact) mass is 259 g/mol. The Bertz CT molecular complexity index is 592. The summed E-state index contributed by atoms with van der Waals surface area (Å²) in [5.74, 6) is 2.45. The summed E-state index contributed by atoms with van der Waals surface area (Å²) in [7, 11) is 1.95. The second kappa shape index (κ2) is 4.93. The first-order valence-electron chi connectivity index (χ1n) is 6.38. The van der Waals surface area contributed by atoms with Crippen molar-refractivity contribution in [2.45, 2.75) is 13.3 Å². The number of aryl methyl sites for hydroxylation is 1. The van der Waals surface area contributed by atoms with Gasteiger partial charge in [0.25, 0.3) is 0 Å². The second-order valence-electron chi connectivity index (χ2n) is 4.58. The molecule has 5 heteroatoms. The van der Waals surface area contributed by atoms with Gasteiger partial charge in [0.2, 0.25) is 6.79 Å². The standard InChI is InChI=1S/C14H17N3O2/c1-9-11(5-6-15-2)17-14(16-9)10-3-4-12-13(7-10)19-8-18-12/h3-4,7,15H,5-6,8H2,1-2H3,(H,16,17). The van der Waals surface area contributed by atoms with Gasteiger partial charge in [0.1, 0.15) is 5.82 Å². The lowest BCUT2D eigenvalue weighted by atomic mass is 10.2. The first-order chi connectivity index (χ1) is 9.28. The molecule has 0 spiro atoms. The molecule has 0 amide bonds. The van der Waals surface area contributed by atoms with Crippen LogP contribution in [0.5, 0.6) is 11.5 Å². The van der Waals surface area contributed by atoms with Crippen LogP contribution in [0, 0.1) is 6.92 Å². The van der Waals surface area contributed by atoms with Gasteiger partial charge in [0.05, 0.1) is 5.69 Å². The number of fused-ring (bicyclic) bond motifs is 1. The minimum Gasteiger partial charge on any atom is -0.454 e. The Morgan fingerprint density at radius 1 is 1.32 bits per heavy atom. The number of hydrogen-bond acceptors (Lipinski definition) is 4. The zero-order valence-electron chi connectivity index (χ0n) is 11.1. The molecule has 1 aromatic carbocycles. The molecule has 100 valence electrons. The third kappa shape index (κ3) is 2.29. The molecule has 2 heterocycles. The van der Waals surface area contributed by atoms with Crippen LogP contribution in [0.4, 0.5) is 0 Å². The summed E-state index contributed by atoms with van der Waals surface area (Å²) in [5.41, 5.74) is 3.23. The number of H-pyrrole nitrogens is 1. The van der Waals surface area contributed by atoms with Crippen molar-refractivity contribution >= 4 is 0 Å². The summed E-state index contributed by atoms with van der Waals surface area (Å²) in [6.45, 7) is 3.27. The van der Waals surface area contributed by atoms with E-state index < -0.39 is 0 Å². The van der Waals surface area contributed by atoms with Gasteiger partial charge in [-0.3, -0.25) is 0 Å². The molecular weight excluding hydrogens is 242 g/mol. The number of nitrogens with zero attached hydrogens (tertiary/aromatic N) is 1. The van der Waals surface area contributed by atoms with Gasteiger partial charge in [-0.2, -0.15) is 0 Å². The zero-order valence-corrected chi connectivity index (χ0v) is 11.1. The fourth-order valence-electron chi connectivity index (χ4n) is 2.16. The van der Waals surface area contributed by atoms with Crippen molar-refractivity contribution in [2.75, 3.05) is 20.4 Å². The fraction of sp³-hybridized carbons (Fsp3) is 0.357. The minimum atomic E-state index is 0.295. The molecule has 0 saturated heterocycles. The number of rotatable bonds is 4. The predicted molar refractivity (Wildman–Crippen MR) is 72.5 cm³/mol. The summed E-state index contributed by atoms with van der Waals surface area (Å²) in [4.78, 5) is 7.98. The number of ether oxygens (including phenoxy) is 2. The lowest BCUT2D eigenvalue weighted by molar-refractivity contribution is 0.174. The molecule has 2 aromatic rings. The second-order valence-corrected chi connectivity index (χ2v) is 4.58. The summed E-state index contributed by atoms with van der Waals surface area (Å²) in [5, 5.41) is 3.14. The number of nitrogens with one attached hydrogen (secondary N) is 2.